The molecule has 0 amide bonds. The first-order chi connectivity index (χ1) is 7.47. The highest BCUT2D eigenvalue weighted by Crippen LogP contribution is 2.20. The second-order valence-electron chi connectivity index (χ2n) is 2.75. The van der Waals surface area contributed by atoms with Crippen LogP contribution in [0.3, 0.4) is 0 Å². The Morgan fingerprint density at radius 1 is 1.20 bits per heavy atom. The quantitative estimate of drug-likeness (QED) is 0.665. The van der Waals surface area contributed by atoms with Gasteiger partial charge in [-0.2, -0.15) is 5.10 Å². The topological polar surface area (TPSA) is 53.1 Å². The summed E-state index contributed by atoms with van der Waals surface area (Å²) in [6.07, 6.45) is 6.91. The third-order valence-corrected chi connectivity index (χ3v) is 2.53. The number of aromatic amines is 1. The number of benzene rings is 1. The fourth-order valence-corrected chi connectivity index (χ4v) is 1.66. The molecule has 0 fully saturated rings. The maximum Gasteiger partial charge on any atom is 0.0919 e. The molecule has 0 bridgehead atoms. The zero-order chi connectivity index (χ0) is 10.3. The molecule has 1 aromatic carbocycles. The first kappa shape index (κ1) is 9.79. The molecule has 15 heavy (non-hydrogen) atoms. The number of hydrogen-bond acceptors (Lipinski definition) is 4. The van der Waals surface area contributed by atoms with Crippen molar-refractivity contribution in [1.82, 2.24) is 14.8 Å². The summed E-state index contributed by atoms with van der Waals surface area (Å²) in [6.45, 7) is 0. The van der Waals surface area contributed by atoms with E-state index in [2.05, 4.69) is 26.0 Å². The molecule has 1 aliphatic rings. The van der Waals surface area contributed by atoms with Gasteiger partial charge in [-0.1, -0.05) is 18.2 Å². The van der Waals surface area contributed by atoms with Gasteiger partial charge in [0.1, 0.15) is 0 Å². The van der Waals surface area contributed by atoms with Crippen molar-refractivity contribution < 1.29 is 0 Å². The van der Waals surface area contributed by atoms with Gasteiger partial charge < -0.3 is 4.98 Å². The summed E-state index contributed by atoms with van der Waals surface area (Å²) >= 11 is 1.54. The van der Waals surface area contributed by atoms with Crippen molar-refractivity contribution in [2.75, 3.05) is 0 Å². The molecule has 0 saturated carbocycles. The SMILES string of the molecule is C1=NNSc2ccccc21.c1c[nH]cn1. The molecule has 0 saturated heterocycles. The minimum atomic E-state index is 1.19. The molecule has 4 nitrogen and oxygen atoms in total. The van der Waals surface area contributed by atoms with E-state index >= 15 is 0 Å². The van der Waals surface area contributed by atoms with Crippen LogP contribution in [0.2, 0.25) is 0 Å². The smallest absolute Gasteiger partial charge is 0.0919 e. The van der Waals surface area contributed by atoms with Crippen LogP contribution < -0.4 is 4.83 Å². The van der Waals surface area contributed by atoms with Gasteiger partial charge in [-0.05, 0) is 6.07 Å². The van der Waals surface area contributed by atoms with Crippen molar-refractivity contribution in [2.45, 2.75) is 4.90 Å². The van der Waals surface area contributed by atoms with E-state index in [9.17, 15) is 0 Å². The fourth-order valence-electron chi connectivity index (χ4n) is 1.07. The summed E-state index contributed by atoms with van der Waals surface area (Å²) in [5.41, 5.74) is 1.19. The van der Waals surface area contributed by atoms with Gasteiger partial charge in [0.05, 0.1) is 12.5 Å². The summed E-state index contributed by atoms with van der Waals surface area (Å²) in [6, 6.07) is 8.15. The second kappa shape index (κ2) is 5.21. The first-order valence-corrected chi connectivity index (χ1v) is 5.25. The Kier molecular flexibility index (Phi) is 3.40. The predicted octanol–water partition coefficient (Wildman–Crippen LogP) is 2.04. The average Bonchev–Trinajstić information content (AvgIpc) is 2.88. The summed E-state index contributed by atoms with van der Waals surface area (Å²) in [4.78, 5) is 10.5. The van der Waals surface area contributed by atoms with Gasteiger partial charge >= 0.3 is 0 Å². The number of fused-ring (bicyclic) bond motifs is 1. The lowest BCUT2D eigenvalue weighted by atomic mass is 10.2. The van der Waals surface area contributed by atoms with Crippen molar-refractivity contribution in [3.05, 3.63) is 48.5 Å². The first-order valence-electron chi connectivity index (χ1n) is 4.43. The standard InChI is InChI=1S/C7H6N2S.C3H4N2/c1-2-4-7-6(3-1)5-8-9-10-7;1-2-5-3-4-1/h1-5,9H;1-3H,(H,4,5). The number of hydrogen-bond donors (Lipinski definition) is 2. The van der Waals surface area contributed by atoms with E-state index in [-0.39, 0.29) is 0 Å². The van der Waals surface area contributed by atoms with Gasteiger partial charge in [0.15, 0.2) is 0 Å². The van der Waals surface area contributed by atoms with Crippen molar-refractivity contribution in [2.24, 2.45) is 5.10 Å². The maximum atomic E-state index is 3.91. The minimum Gasteiger partial charge on any atom is -0.351 e. The Labute approximate surface area is 92.0 Å². The molecule has 3 rings (SSSR count). The molecule has 2 N–H and O–H groups in total. The van der Waals surface area contributed by atoms with Crippen LogP contribution in [0, 0.1) is 0 Å². The van der Waals surface area contributed by atoms with E-state index in [1.54, 1.807) is 30.7 Å². The van der Waals surface area contributed by atoms with E-state index < -0.39 is 0 Å². The highest BCUT2D eigenvalue weighted by atomic mass is 32.2. The summed E-state index contributed by atoms with van der Waals surface area (Å²) in [5, 5.41) is 3.91. The van der Waals surface area contributed by atoms with Crippen molar-refractivity contribution in [3.8, 4) is 0 Å². The van der Waals surface area contributed by atoms with Gasteiger partial charge in [0.2, 0.25) is 0 Å². The number of aromatic nitrogens is 2. The summed E-state index contributed by atoms with van der Waals surface area (Å²) in [7, 11) is 0. The van der Waals surface area contributed by atoms with Crippen LogP contribution in [-0.2, 0) is 0 Å². The minimum absolute atomic E-state index is 1.19. The number of nitrogens with one attached hydrogen (secondary N) is 2. The maximum absolute atomic E-state index is 3.91. The Morgan fingerprint density at radius 2 is 2.13 bits per heavy atom. The van der Waals surface area contributed by atoms with E-state index in [0.29, 0.717) is 0 Å². The normalized spacial score (nSPS) is 12.0. The van der Waals surface area contributed by atoms with Crippen LogP contribution in [0.15, 0.2) is 53.0 Å². The zero-order valence-corrected chi connectivity index (χ0v) is 8.74. The monoisotopic (exact) mass is 218 g/mol. The fraction of sp³-hybridized carbons (Fsp3) is 0. The Balaban J connectivity index is 0.000000144. The van der Waals surface area contributed by atoms with Gasteiger partial charge in [0, 0.05) is 34.8 Å². The predicted molar refractivity (Wildman–Crippen MR) is 61.6 cm³/mol. The molecule has 0 spiro atoms. The van der Waals surface area contributed by atoms with Crippen LogP contribution in [0.5, 0.6) is 0 Å². The average molecular weight is 218 g/mol. The van der Waals surface area contributed by atoms with E-state index in [0.717, 1.165) is 0 Å². The molecular weight excluding hydrogens is 208 g/mol. The number of rotatable bonds is 0. The highest BCUT2D eigenvalue weighted by molar-refractivity contribution is 7.97. The van der Waals surface area contributed by atoms with E-state index in [1.165, 1.54) is 10.5 Å². The van der Waals surface area contributed by atoms with Crippen molar-refractivity contribution in [3.63, 3.8) is 0 Å². The molecule has 1 aromatic heterocycles. The number of H-pyrrole nitrogens is 1. The summed E-state index contributed by atoms with van der Waals surface area (Å²) in [5.74, 6) is 0. The lowest BCUT2D eigenvalue weighted by Gasteiger charge is -2.07. The third kappa shape index (κ3) is 2.85. The lowest BCUT2D eigenvalue weighted by molar-refractivity contribution is 1.10. The van der Waals surface area contributed by atoms with Crippen LogP contribution in [0.1, 0.15) is 5.56 Å². The third-order valence-electron chi connectivity index (χ3n) is 1.74. The number of hydrazone groups is 1. The summed E-state index contributed by atoms with van der Waals surface area (Å²) < 4.78 is 0. The zero-order valence-electron chi connectivity index (χ0n) is 7.92. The molecule has 2 aromatic rings. The Morgan fingerprint density at radius 3 is 2.80 bits per heavy atom. The van der Waals surface area contributed by atoms with Crippen molar-refractivity contribution in [1.29, 1.82) is 0 Å². The molecule has 0 atom stereocenters. The lowest BCUT2D eigenvalue weighted by Crippen LogP contribution is -2.01. The molecule has 0 unspecified atom stereocenters. The molecule has 2 heterocycles. The van der Waals surface area contributed by atoms with E-state index in [1.807, 2.05) is 24.4 Å². The number of nitrogens with zero attached hydrogens (tertiary/aromatic N) is 2. The highest BCUT2D eigenvalue weighted by Gasteiger charge is 2.01. The molecule has 5 heteroatoms. The van der Waals surface area contributed by atoms with Crippen LogP contribution in [0.25, 0.3) is 0 Å². The van der Waals surface area contributed by atoms with Crippen molar-refractivity contribution >= 4 is 18.2 Å². The second-order valence-corrected chi connectivity index (χ2v) is 3.58. The van der Waals surface area contributed by atoms with Gasteiger partial charge in [0.25, 0.3) is 0 Å². The van der Waals surface area contributed by atoms with E-state index in [4.69, 9.17) is 0 Å². The Hall–Kier alpha value is -1.75. The van der Waals surface area contributed by atoms with Crippen LogP contribution in [-0.4, -0.2) is 16.2 Å². The van der Waals surface area contributed by atoms with Gasteiger partial charge in [-0.25, -0.2) is 9.82 Å². The van der Waals surface area contributed by atoms with Crippen LogP contribution in [0.4, 0.5) is 0 Å². The number of imidazole rings is 1. The van der Waals surface area contributed by atoms with Gasteiger partial charge in [-0.15, -0.1) is 0 Å². The van der Waals surface area contributed by atoms with Gasteiger partial charge in [-0.3, -0.25) is 0 Å². The largest absolute Gasteiger partial charge is 0.351 e. The molecule has 1 aliphatic heterocycles. The molecule has 0 aliphatic carbocycles. The van der Waals surface area contributed by atoms with Crippen LogP contribution >= 0.6 is 11.9 Å². The molecular formula is C10H10N4S. The molecule has 0 radical (unpaired) electrons. The Bertz CT molecular complexity index is 408. The molecule has 76 valence electrons.